The first-order valence-electron chi connectivity index (χ1n) is 4.53. The van der Waals surface area contributed by atoms with E-state index in [9.17, 15) is 0 Å². The highest BCUT2D eigenvalue weighted by Crippen LogP contribution is 2.05. The molecule has 2 nitrogen and oxygen atoms in total. The van der Waals surface area contributed by atoms with E-state index in [1.54, 1.807) is 0 Å². The monoisotopic (exact) mass is 158 g/mol. The fourth-order valence-electron chi connectivity index (χ4n) is 1.10. The summed E-state index contributed by atoms with van der Waals surface area (Å²) in [5.41, 5.74) is 5.70. The smallest absolute Gasteiger partial charge is 0.0249 e. The Morgan fingerprint density at radius 2 is 1.73 bits per heavy atom. The molecule has 0 aromatic rings. The molecule has 3 N–H and O–H groups in total. The lowest BCUT2D eigenvalue weighted by atomic mass is 10.0. The normalized spacial score (nSPS) is 12.5. The predicted octanol–water partition coefficient (Wildman–Crippen LogP) is 1.50. The van der Waals surface area contributed by atoms with Gasteiger partial charge in [-0.25, -0.2) is 0 Å². The van der Waals surface area contributed by atoms with Crippen molar-refractivity contribution in [2.24, 2.45) is 5.73 Å². The van der Waals surface area contributed by atoms with Gasteiger partial charge in [0.05, 0.1) is 0 Å². The van der Waals surface area contributed by atoms with Crippen LogP contribution in [0.25, 0.3) is 0 Å². The van der Waals surface area contributed by atoms with Crippen LogP contribution in [-0.2, 0) is 0 Å². The van der Waals surface area contributed by atoms with E-state index in [0.717, 1.165) is 0 Å². The third kappa shape index (κ3) is 4.38. The molecule has 68 valence electrons. The molecule has 0 spiro atoms. The molecule has 0 unspecified atom stereocenters. The summed E-state index contributed by atoms with van der Waals surface area (Å²) < 4.78 is 0. The van der Waals surface area contributed by atoms with Gasteiger partial charge in [0.15, 0.2) is 0 Å². The lowest BCUT2D eigenvalue weighted by molar-refractivity contribution is 0.328. The Morgan fingerprint density at radius 1 is 1.27 bits per heavy atom. The maximum Gasteiger partial charge on any atom is 0.0249 e. The average Bonchev–Trinajstić information content (AvgIpc) is 2.00. The van der Waals surface area contributed by atoms with Crippen molar-refractivity contribution < 1.29 is 0 Å². The van der Waals surface area contributed by atoms with Gasteiger partial charge in [0, 0.05) is 18.1 Å². The van der Waals surface area contributed by atoms with Gasteiger partial charge in [-0.1, -0.05) is 13.8 Å². The average molecular weight is 158 g/mol. The molecule has 0 aliphatic rings. The Morgan fingerprint density at radius 3 is 2.00 bits per heavy atom. The molecule has 0 aliphatic heterocycles. The molecule has 11 heavy (non-hydrogen) atoms. The van der Waals surface area contributed by atoms with Gasteiger partial charge in [0.25, 0.3) is 0 Å². The van der Waals surface area contributed by atoms with Crippen LogP contribution in [0.5, 0.6) is 0 Å². The summed E-state index contributed by atoms with van der Waals surface area (Å²) in [7, 11) is 0. The van der Waals surface area contributed by atoms with E-state index in [4.69, 9.17) is 5.73 Å². The predicted molar refractivity (Wildman–Crippen MR) is 50.6 cm³/mol. The summed E-state index contributed by atoms with van der Waals surface area (Å²) in [5, 5.41) is 3.52. The maximum atomic E-state index is 5.60. The summed E-state index contributed by atoms with van der Waals surface area (Å²) in [5.74, 6) is 0. The van der Waals surface area contributed by atoms with Gasteiger partial charge in [0.2, 0.25) is 0 Å². The second-order valence-corrected chi connectivity index (χ2v) is 3.75. The highest BCUT2D eigenvalue weighted by molar-refractivity contribution is 4.81. The van der Waals surface area contributed by atoms with E-state index in [-0.39, 0.29) is 5.54 Å². The van der Waals surface area contributed by atoms with Crippen molar-refractivity contribution in [3.8, 4) is 0 Å². The molecule has 0 aromatic carbocycles. The summed E-state index contributed by atoms with van der Waals surface area (Å²) in [6.45, 7) is 9.39. The standard InChI is InChI=1S/C9H22N2/c1-5-8(6-2)11-9(3,4)7-10/h8,11H,5-7,10H2,1-4H3. The molecule has 0 aliphatic carbocycles. The van der Waals surface area contributed by atoms with Crippen molar-refractivity contribution >= 4 is 0 Å². The largest absolute Gasteiger partial charge is 0.329 e. The molecule has 2 heteroatoms. The van der Waals surface area contributed by atoms with Gasteiger partial charge in [-0.2, -0.15) is 0 Å². The summed E-state index contributed by atoms with van der Waals surface area (Å²) in [6, 6.07) is 0.619. The molecule has 0 bridgehead atoms. The molecule has 0 atom stereocenters. The van der Waals surface area contributed by atoms with Crippen LogP contribution in [0, 0.1) is 0 Å². The van der Waals surface area contributed by atoms with Crippen LogP contribution in [0.4, 0.5) is 0 Å². The summed E-state index contributed by atoms with van der Waals surface area (Å²) >= 11 is 0. The quantitative estimate of drug-likeness (QED) is 0.636. The van der Waals surface area contributed by atoms with Gasteiger partial charge in [-0.05, 0) is 26.7 Å². The van der Waals surface area contributed by atoms with E-state index in [2.05, 4.69) is 33.0 Å². The fraction of sp³-hybridized carbons (Fsp3) is 1.00. The summed E-state index contributed by atoms with van der Waals surface area (Å²) in [6.07, 6.45) is 2.36. The highest BCUT2D eigenvalue weighted by Gasteiger charge is 2.17. The van der Waals surface area contributed by atoms with Crippen LogP contribution in [-0.4, -0.2) is 18.1 Å². The van der Waals surface area contributed by atoms with Crippen molar-refractivity contribution in [3.63, 3.8) is 0 Å². The Labute approximate surface area is 70.5 Å². The first-order valence-corrected chi connectivity index (χ1v) is 4.53. The van der Waals surface area contributed by atoms with Crippen LogP contribution in [0.3, 0.4) is 0 Å². The number of hydrogen-bond donors (Lipinski definition) is 2. The lowest BCUT2D eigenvalue weighted by Gasteiger charge is -2.29. The highest BCUT2D eigenvalue weighted by atomic mass is 15.0. The number of nitrogens with two attached hydrogens (primary N) is 1. The molecule has 0 saturated heterocycles. The van der Waals surface area contributed by atoms with Crippen LogP contribution in [0.15, 0.2) is 0 Å². The van der Waals surface area contributed by atoms with Gasteiger partial charge in [0.1, 0.15) is 0 Å². The Kier molecular flexibility index (Phi) is 4.69. The molecule has 0 heterocycles. The molecule has 0 rings (SSSR count). The minimum absolute atomic E-state index is 0.0939. The van der Waals surface area contributed by atoms with Crippen LogP contribution < -0.4 is 11.1 Å². The fourth-order valence-corrected chi connectivity index (χ4v) is 1.10. The first-order chi connectivity index (χ1) is 5.05. The van der Waals surface area contributed by atoms with Crippen molar-refractivity contribution in [1.82, 2.24) is 5.32 Å². The maximum absolute atomic E-state index is 5.60. The number of hydrogen-bond acceptors (Lipinski definition) is 2. The Balaban J connectivity index is 3.79. The zero-order chi connectivity index (χ0) is 8.91. The minimum atomic E-state index is 0.0939. The zero-order valence-corrected chi connectivity index (χ0v) is 8.28. The van der Waals surface area contributed by atoms with Crippen LogP contribution >= 0.6 is 0 Å². The van der Waals surface area contributed by atoms with Crippen molar-refractivity contribution in [3.05, 3.63) is 0 Å². The van der Waals surface area contributed by atoms with Crippen molar-refractivity contribution in [1.29, 1.82) is 0 Å². The SMILES string of the molecule is CCC(CC)NC(C)(C)CN. The molecule has 0 fully saturated rings. The van der Waals surface area contributed by atoms with E-state index >= 15 is 0 Å². The van der Waals surface area contributed by atoms with Crippen molar-refractivity contribution in [2.75, 3.05) is 6.54 Å². The van der Waals surface area contributed by atoms with Crippen molar-refractivity contribution in [2.45, 2.75) is 52.1 Å². The summed E-state index contributed by atoms with van der Waals surface area (Å²) in [4.78, 5) is 0. The molecule has 0 saturated carbocycles. The molecular formula is C9H22N2. The Hall–Kier alpha value is -0.0800. The van der Waals surface area contributed by atoms with E-state index < -0.39 is 0 Å². The molecule has 0 radical (unpaired) electrons. The molecule has 0 amide bonds. The third-order valence-electron chi connectivity index (χ3n) is 2.09. The van der Waals surface area contributed by atoms with Gasteiger partial charge >= 0.3 is 0 Å². The van der Waals surface area contributed by atoms with E-state index in [1.807, 2.05) is 0 Å². The van der Waals surface area contributed by atoms with Gasteiger partial charge in [-0.3, -0.25) is 0 Å². The second-order valence-electron chi connectivity index (χ2n) is 3.75. The minimum Gasteiger partial charge on any atom is -0.329 e. The molecular weight excluding hydrogens is 136 g/mol. The number of rotatable bonds is 5. The third-order valence-corrected chi connectivity index (χ3v) is 2.09. The van der Waals surface area contributed by atoms with E-state index in [0.29, 0.717) is 12.6 Å². The zero-order valence-electron chi connectivity index (χ0n) is 8.28. The number of nitrogens with one attached hydrogen (secondary N) is 1. The first kappa shape index (κ1) is 10.9. The lowest BCUT2D eigenvalue weighted by Crippen LogP contribution is -2.50. The topological polar surface area (TPSA) is 38.0 Å². The Bertz CT molecular complexity index is 95.7. The van der Waals surface area contributed by atoms with E-state index in [1.165, 1.54) is 12.8 Å². The second kappa shape index (κ2) is 4.73. The van der Waals surface area contributed by atoms with Crippen LogP contribution in [0.2, 0.25) is 0 Å². The van der Waals surface area contributed by atoms with Crippen LogP contribution in [0.1, 0.15) is 40.5 Å². The van der Waals surface area contributed by atoms with Gasteiger partial charge < -0.3 is 11.1 Å². The molecule has 0 aromatic heterocycles. The van der Waals surface area contributed by atoms with Gasteiger partial charge in [-0.15, -0.1) is 0 Å².